The number of aliphatic hydroxyl groups excluding tert-OH is 1. The van der Waals surface area contributed by atoms with Gasteiger partial charge in [-0.25, -0.2) is 0 Å². The van der Waals surface area contributed by atoms with E-state index in [0.717, 1.165) is 11.1 Å². The lowest BCUT2D eigenvalue weighted by Crippen LogP contribution is -2.63. The molecule has 0 bridgehead atoms. The Balaban J connectivity index is 1.35. The Morgan fingerprint density at radius 3 is 2.24 bits per heavy atom. The molecule has 7 heteroatoms. The van der Waals surface area contributed by atoms with Gasteiger partial charge in [0.15, 0.2) is 6.29 Å². The van der Waals surface area contributed by atoms with Crippen LogP contribution < -0.4 is 9.47 Å². The van der Waals surface area contributed by atoms with Gasteiger partial charge in [0, 0.05) is 5.56 Å². The molecule has 3 aromatic rings. The van der Waals surface area contributed by atoms with Gasteiger partial charge < -0.3 is 33.5 Å². The zero-order chi connectivity index (χ0) is 23.3. The van der Waals surface area contributed by atoms with Crippen LogP contribution in [0, 0.1) is 0 Å². The molecule has 7 nitrogen and oxygen atoms in total. The molecule has 0 radical (unpaired) electrons. The number of aliphatic hydroxyl groups is 1. The molecule has 1 N–H and O–H groups in total. The first kappa shape index (κ1) is 22.8. The minimum absolute atomic E-state index is 0.282. The number of ether oxygens (including phenoxy) is 6. The highest BCUT2D eigenvalue weighted by atomic mass is 16.8. The van der Waals surface area contributed by atoms with Crippen LogP contribution in [0.1, 0.15) is 17.4 Å². The molecule has 0 aromatic heterocycles. The summed E-state index contributed by atoms with van der Waals surface area (Å²) in [5.41, 5.74) is 1.89. The predicted octanol–water partition coefficient (Wildman–Crippen LogP) is 3.86. The largest absolute Gasteiger partial charge is 0.497 e. The molecular formula is C27H28O7. The van der Waals surface area contributed by atoms with Crippen LogP contribution in [0.5, 0.6) is 11.5 Å². The Bertz CT molecular complexity index is 1030. The molecular weight excluding hydrogens is 436 g/mol. The van der Waals surface area contributed by atoms with Gasteiger partial charge in [0.05, 0.1) is 20.3 Å². The Morgan fingerprint density at radius 2 is 1.53 bits per heavy atom. The summed E-state index contributed by atoms with van der Waals surface area (Å²) in [5, 5.41) is 11.2. The second-order valence-corrected chi connectivity index (χ2v) is 8.26. The number of fused-ring (bicyclic) bond motifs is 1. The first-order chi connectivity index (χ1) is 16.7. The third kappa shape index (κ3) is 5.09. The second kappa shape index (κ2) is 10.5. The summed E-state index contributed by atoms with van der Waals surface area (Å²) in [6.45, 7) is 0.603. The van der Waals surface area contributed by atoms with Gasteiger partial charge in [0.25, 0.3) is 0 Å². The summed E-state index contributed by atoms with van der Waals surface area (Å²) >= 11 is 0. The van der Waals surface area contributed by atoms with Gasteiger partial charge in [-0.1, -0.05) is 60.7 Å². The smallest absolute Gasteiger partial charge is 0.229 e. The van der Waals surface area contributed by atoms with Crippen molar-refractivity contribution in [3.05, 3.63) is 96.1 Å². The molecule has 0 saturated carbocycles. The maximum absolute atomic E-state index is 11.2. The third-order valence-electron chi connectivity index (χ3n) is 5.98. The maximum Gasteiger partial charge on any atom is 0.229 e. The Labute approximate surface area is 198 Å². The highest BCUT2D eigenvalue weighted by molar-refractivity contribution is 5.31. The Kier molecular flexibility index (Phi) is 7.08. The molecule has 0 amide bonds. The van der Waals surface area contributed by atoms with E-state index in [2.05, 4.69) is 0 Å². The van der Waals surface area contributed by atoms with Gasteiger partial charge in [0.2, 0.25) is 6.29 Å². The molecule has 1 unspecified atom stereocenters. The van der Waals surface area contributed by atoms with Crippen molar-refractivity contribution in [1.82, 2.24) is 0 Å². The van der Waals surface area contributed by atoms with E-state index in [0.29, 0.717) is 18.1 Å². The summed E-state index contributed by atoms with van der Waals surface area (Å²) < 4.78 is 35.7. The molecule has 2 aliphatic rings. The average Bonchev–Trinajstić information content (AvgIpc) is 2.90. The van der Waals surface area contributed by atoms with E-state index in [1.807, 2.05) is 60.7 Å². The van der Waals surface area contributed by atoms with Crippen LogP contribution in [0.3, 0.4) is 0 Å². The van der Waals surface area contributed by atoms with Crippen molar-refractivity contribution in [2.45, 2.75) is 43.6 Å². The number of methoxy groups -OCH3 is 1. The lowest BCUT2D eigenvalue weighted by molar-refractivity contribution is -0.356. The van der Waals surface area contributed by atoms with Gasteiger partial charge in [-0.15, -0.1) is 0 Å². The molecule has 2 heterocycles. The monoisotopic (exact) mass is 464 g/mol. The van der Waals surface area contributed by atoms with Crippen molar-refractivity contribution < 1.29 is 33.5 Å². The molecule has 5 rings (SSSR count). The van der Waals surface area contributed by atoms with Crippen molar-refractivity contribution in [1.29, 1.82) is 0 Å². The van der Waals surface area contributed by atoms with E-state index in [-0.39, 0.29) is 6.61 Å². The van der Waals surface area contributed by atoms with Crippen molar-refractivity contribution >= 4 is 0 Å². The maximum atomic E-state index is 11.2. The van der Waals surface area contributed by atoms with Gasteiger partial charge in [-0.2, -0.15) is 0 Å². The molecule has 3 aromatic carbocycles. The molecule has 0 aliphatic carbocycles. The summed E-state index contributed by atoms with van der Waals surface area (Å²) in [4.78, 5) is 0. The average molecular weight is 465 g/mol. The van der Waals surface area contributed by atoms with E-state index < -0.39 is 37.0 Å². The van der Waals surface area contributed by atoms with E-state index in [4.69, 9.17) is 28.4 Å². The number of hydrogen-bond acceptors (Lipinski definition) is 7. The van der Waals surface area contributed by atoms with Crippen molar-refractivity contribution in [3.8, 4) is 11.5 Å². The lowest BCUT2D eigenvalue weighted by atomic mass is 9.97. The zero-order valence-corrected chi connectivity index (χ0v) is 18.9. The fraction of sp³-hybridized carbons (Fsp3) is 0.333. The number of rotatable bonds is 7. The molecule has 178 valence electrons. The number of benzene rings is 3. The van der Waals surface area contributed by atoms with Crippen molar-refractivity contribution in [3.63, 3.8) is 0 Å². The fourth-order valence-electron chi connectivity index (χ4n) is 4.19. The van der Waals surface area contributed by atoms with Crippen molar-refractivity contribution in [2.75, 3.05) is 13.7 Å². The minimum Gasteiger partial charge on any atom is -0.497 e. The summed E-state index contributed by atoms with van der Waals surface area (Å²) in [6.07, 6.45) is -4.28. The van der Waals surface area contributed by atoms with Crippen molar-refractivity contribution in [2.24, 2.45) is 0 Å². The highest BCUT2D eigenvalue weighted by Crippen LogP contribution is 2.36. The Hall–Kier alpha value is -2.94. The second-order valence-electron chi connectivity index (χ2n) is 8.26. The lowest BCUT2D eigenvalue weighted by Gasteiger charge is -2.47. The van der Waals surface area contributed by atoms with E-state index in [1.165, 1.54) is 0 Å². The number of hydrogen-bond donors (Lipinski definition) is 1. The van der Waals surface area contributed by atoms with Crippen LogP contribution >= 0.6 is 0 Å². The van der Waals surface area contributed by atoms with Gasteiger partial charge in [0.1, 0.15) is 35.9 Å². The van der Waals surface area contributed by atoms with Crippen LogP contribution in [-0.4, -0.2) is 49.5 Å². The van der Waals surface area contributed by atoms with E-state index >= 15 is 0 Å². The topological polar surface area (TPSA) is 75.6 Å². The van der Waals surface area contributed by atoms with Crippen LogP contribution in [-0.2, 0) is 25.6 Å². The Morgan fingerprint density at radius 1 is 0.853 bits per heavy atom. The summed E-state index contributed by atoms with van der Waals surface area (Å²) in [5.74, 6) is 1.26. The molecule has 0 spiro atoms. The summed E-state index contributed by atoms with van der Waals surface area (Å²) in [6, 6.07) is 26.6. The molecule has 2 fully saturated rings. The summed E-state index contributed by atoms with van der Waals surface area (Å²) in [7, 11) is 1.60. The van der Waals surface area contributed by atoms with Crippen LogP contribution in [0.15, 0.2) is 84.9 Å². The van der Waals surface area contributed by atoms with Gasteiger partial charge in [-0.3, -0.25) is 0 Å². The first-order valence-electron chi connectivity index (χ1n) is 11.3. The van der Waals surface area contributed by atoms with Crippen LogP contribution in [0.25, 0.3) is 0 Å². The van der Waals surface area contributed by atoms with E-state index in [1.54, 1.807) is 31.4 Å². The van der Waals surface area contributed by atoms with Crippen LogP contribution in [0.2, 0.25) is 0 Å². The standard InChI is InChI=1S/C27H28O7/c1-29-20-12-14-21(15-13-20)32-27-23(28)25(30-16-18-8-4-2-5-9-18)24-22(33-27)17-31-26(34-24)19-10-6-3-7-11-19/h2-15,22-28H,16-17H2,1H3/t22-,23-,24-,25-,26?,27+/m1/s1. The molecule has 34 heavy (non-hydrogen) atoms. The van der Waals surface area contributed by atoms with Gasteiger partial charge in [-0.05, 0) is 29.8 Å². The fourth-order valence-corrected chi connectivity index (χ4v) is 4.19. The third-order valence-corrected chi connectivity index (χ3v) is 5.98. The quantitative estimate of drug-likeness (QED) is 0.569. The normalized spacial score (nSPS) is 28.6. The van der Waals surface area contributed by atoms with E-state index in [9.17, 15) is 5.11 Å². The SMILES string of the molecule is COc1ccc(O[C@H]2O[C@@H]3COC(c4ccccc4)O[C@H]3[C@H](OCc3ccccc3)[C@H]2O)cc1. The first-order valence-corrected chi connectivity index (χ1v) is 11.3. The zero-order valence-electron chi connectivity index (χ0n) is 18.9. The van der Waals surface area contributed by atoms with Crippen LogP contribution in [0.4, 0.5) is 0 Å². The predicted molar refractivity (Wildman–Crippen MR) is 123 cm³/mol. The highest BCUT2D eigenvalue weighted by Gasteiger charge is 2.51. The van der Waals surface area contributed by atoms with Gasteiger partial charge >= 0.3 is 0 Å². The molecule has 2 saturated heterocycles. The molecule has 6 atom stereocenters. The minimum atomic E-state index is -1.08. The molecule has 2 aliphatic heterocycles.